The predicted molar refractivity (Wildman–Crippen MR) is 172 cm³/mol. The molecule has 1 N–H and O–H groups in total. The Bertz CT molecular complexity index is 1740. The van der Waals surface area contributed by atoms with Gasteiger partial charge in [0.15, 0.2) is 12.4 Å². The summed E-state index contributed by atoms with van der Waals surface area (Å²) in [6.07, 6.45) is 2.17. The van der Waals surface area contributed by atoms with Crippen LogP contribution in [0.3, 0.4) is 0 Å². The minimum Gasteiger partial charge on any atom is -0.442 e. The molecular formula is C33H37ClN6O5. The smallest absolute Gasteiger partial charge is 0.322 e. The van der Waals surface area contributed by atoms with Crippen LogP contribution in [0, 0.1) is 5.41 Å². The van der Waals surface area contributed by atoms with Gasteiger partial charge in [0.25, 0.3) is 5.91 Å². The highest BCUT2D eigenvalue weighted by atomic mass is 35.5. The number of nitrogens with one attached hydrogen (secondary N) is 1. The molecule has 0 radical (unpaired) electrons. The maximum Gasteiger partial charge on any atom is 0.322 e. The van der Waals surface area contributed by atoms with E-state index in [1.54, 1.807) is 62.8 Å². The van der Waals surface area contributed by atoms with E-state index in [-0.39, 0.29) is 24.6 Å². The summed E-state index contributed by atoms with van der Waals surface area (Å²) in [5.74, 6) is -0.601. The first-order valence-electron chi connectivity index (χ1n) is 14.7. The number of carbonyl (C=O) groups excluding carboxylic acids is 3. The third kappa shape index (κ3) is 7.43. The molecule has 0 atom stereocenters. The van der Waals surface area contributed by atoms with Crippen molar-refractivity contribution in [1.82, 2.24) is 24.6 Å². The number of fused-ring (bicyclic) bond motifs is 1. The Balaban J connectivity index is 1.52. The number of anilines is 1. The maximum atomic E-state index is 13.3. The fourth-order valence-electron chi connectivity index (χ4n) is 4.89. The number of rotatable bonds is 7. The number of morpholine rings is 1. The number of esters is 1. The van der Waals surface area contributed by atoms with Crippen molar-refractivity contribution in [2.24, 2.45) is 5.41 Å². The summed E-state index contributed by atoms with van der Waals surface area (Å²) < 4.78 is 12.5. The summed E-state index contributed by atoms with van der Waals surface area (Å²) in [6, 6.07) is 14.6. The Labute approximate surface area is 267 Å². The molecule has 0 unspecified atom stereocenters. The molecule has 1 aliphatic rings. The van der Waals surface area contributed by atoms with Crippen molar-refractivity contribution in [2.75, 3.05) is 45.7 Å². The average Bonchev–Trinajstić information content (AvgIpc) is 3.35. The van der Waals surface area contributed by atoms with Crippen molar-refractivity contribution in [2.45, 2.75) is 33.9 Å². The molecule has 5 rings (SSSR count). The Morgan fingerprint density at radius 3 is 2.49 bits per heavy atom. The van der Waals surface area contributed by atoms with Crippen LogP contribution in [0.1, 0.15) is 42.4 Å². The van der Waals surface area contributed by atoms with Gasteiger partial charge in [-0.2, -0.15) is 5.10 Å². The number of urea groups is 1. The largest absolute Gasteiger partial charge is 0.442 e. The number of halogens is 1. The minimum atomic E-state index is -0.664. The third-order valence-corrected chi connectivity index (χ3v) is 7.62. The van der Waals surface area contributed by atoms with Gasteiger partial charge in [0.1, 0.15) is 0 Å². The van der Waals surface area contributed by atoms with Crippen molar-refractivity contribution in [3.05, 3.63) is 76.6 Å². The van der Waals surface area contributed by atoms with E-state index in [1.165, 1.54) is 4.90 Å². The van der Waals surface area contributed by atoms with Crippen LogP contribution in [-0.2, 0) is 27.4 Å². The molecule has 0 spiro atoms. The molecule has 45 heavy (non-hydrogen) atoms. The van der Waals surface area contributed by atoms with Crippen LogP contribution in [0.2, 0.25) is 5.02 Å². The van der Waals surface area contributed by atoms with E-state index in [0.29, 0.717) is 54.6 Å². The fraction of sp³-hybridized carbons (Fsp3) is 0.364. The van der Waals surface area contributed by atoms with Crippen molar-refractivity contribution in [3.63, 3.8) is 0 Å². The van der Waals surface area contributed by atoms with Gasteiger partial charge in [-0.15, -0.1) is 0 Å². The Morgan fingerprint density at radius 1 is 1.04 bits per heavy atom. The number of amides is 3. The second-order valence-corrected chi connectivity index (χ2v) is 12.6. The lowest BCUT2D eigenvalue weighted by atomic mass is 9.98. The van der Waals surface area contributed by atoms with Gasteiger partial charge >= 0.3 is 12.0 Å². The van der Waals surface area contributed by atoms with Crippen LogP contribution in [0.15, 0.2) is 54.7 Å². The highest BCUT2D eigenvalue weighted by Crippen LogP contribution is 2.30. The Morgan fingerprint density at radius 2 is 1.80 bits per heavy atom. The number of carbonyl (C=O) groups is 3. The fourth-order valence-corrected chi connectivity index (χ4v) is 5.10. The molecule has 1 aliphatic heterocycles. The zero-order valence-electron chi connectivity index (χ0n) is 26.1. The zero-order valence-corrected chi connectivity index (χ0v) is 26.8. The van der Waals surface area contributed by atoms with Gasteiger partial charge < -0.3 is 24.6 Å². The van der Waals surface area contributed by atoms with E-state index in [9.17, 15) is 14.4 Å². The molecule has 0 saturated carbocycles. The number of hydrogen-bond donors (Lipinski definition) is 1. The Hall–Kier alpha value is -4.48. The molecule has 4 aromatic rings. The summed E-state index contributed by atoms with van der Waals surface area (Å²) in [6.45, 7) is 7.19. The average molecular weight is 633 g/mol. The molecular weight excluding hydrogens is 596 g/mol. The second-order valence-electron chi connectivity index (χ2n) is 12.1. The molecule has 11 nitrogen and oxygen atoms in total. The first-order valence-corrected chi connectivity index (χ1v) is 15.1. The first-order chi connectivity index (χ1) is 21.4. The van der Waals surface area contributed by atoms with Crippen LogP contribution in [-0.4, -0.2) is 82.9 Å². The van der Waals surface area contributed by atoms with Crippen LogP contribution < -0.4 is 5.32 Å². The summed E-state index contributed by atoms with van der Waals surface area (Å²) >= 11 is 6.26. The van der Waals surface area contributed by atoms with Crippen molar-refractivity contribution in [1.29, 1.82) is 0 Å². The molecule has 2 aromatic carbocycles. The number of benzene rings is 2. The van der Waals surface area contributed by atoms with Crippen LogP contribution in [0.4, 0.5) is 10.5 Å². The van der Waals surface area contributed by atoms with E-state index >= 15 is 0 Å². The standard InChI is InChI=1S/C33H37ClN6O5/c1-33(2,3)31(42)45-20-40-29-25(28(37-40)16-21-7-6-8-24(34)15-21)18-23(19-35-29)22-9-10-27(26(17-22)30(41)38(4)5)36-32(43)39-11-13-44-14-12-39/h6-10,15,17-19H,11-14,16,20H2,1-5H3,(H,36,43). The van der Waals surface area contributed by atoms with Crippen LogP contribution in [0.5, 0.6) is 0 Å². The van der Waals surface area contributed by atoms with Crippen molar-refractivity contribution >= 4 is 46.2 Å². The lowest BCUT2D eigenvalue weighted by Gasteiger charge is -2.27. The molecule has 0 bridgehead atoms. The van der Waals surface area contributed by atoms with E-state index in [4.69, 9.17) is 31.2 Å². The van der Waals surface area contributed by atoms with E-state index in [2.05, 4.69) is 5.32 Å². The number of ether oxygens (including phenoxy) is 2. The second kappa shape index (κ2) is 13.3. The third-order valence-electron chi connectivity index (χ3n) is 7.38. The summed E-state index contributed by atoms with van der Waals surface area (Å²) in [5.41, 5.74) is 3.83. The highest BCUT2D eigenvalue weighted by molar-refractivity contribution is 6.30. The maximum absolute atomic E-state index is 13.3. The minimum absolute atomic E-state index is 0.0898. The van der Waals surface area contributed by atoms with Crippen molar-refractivity contribution < 1.29 is 23.9 Å². The summed E-state index contributed by atoms with van der Waals surface area (Å²) in [4.78, 5) is 46.6. The number of hydrogen-bond acceptors (Lipinski definition) is 7. The molecule has 236 valence electrons. The highest BCUT2D eigenvalue weighted by Gasteiger charge is 2.25. The normalized spacial score (nSPS) is 13.5. The monoisotopic (exact) mass is 632 g/mol. The van der Waals surface area contributed by atoms with E-state index < -0.39 is 5.41 Å². The number of pyridine rings is 1. The van der Waals surface area contributed by atoms with Gasteiger partial charge in [-0.3, -0.25) is 9.59 Å². The van der Waals surface area contributed by atoms with Gasteiger partial charge in [0.2, 0.25) is 0 Å². The molecule has 2 aromatic heterocycles. The molecule has 12 heteroatoms. The van der Waals surface area contributed by atoms with Gasteiger partial charge in [-0.1, -0.05) is 29.8 Å². The molecule has 1 fully saturated rings. The molecule has 0 aliphatic carbocycles. The summed E-state index contributed by atoms with van der Waals surface area (Å²) in [5, 5.41) is 9.07. The Kier molecular flexibility index (Phi) is 9.40. The zero-order chi connectivity index (χ0) is 32.3. The van der Waals surface area contributed by atoms with Gasteiger partial charge in [-0.05, 0) is 62.2 Å². The van der Waals surface area contributed by atoms with Gasteiger partial charge in [-0.25, -0.2) is 14.5 Å². The predicted octanol–water partition coefficient (Wildman–Crippen LogP) is 5.46. The number of aromatic nitrogens is 3. The SMILES string of the molecule is CN(C)C(=O)c1cc(-c2cnc3c(c2)c(Cc2cccc(Cl)c2)nn3COC(=O)C(C)(C)C)ccc1NC(=O)N1CCOCC1. The van der Waals surface area contributed by atoms with Crippen LogP contribution >= 0.6 is 11.6 Å². The van der Waals surface area contributed by atoms with Crippen molar-refractivity contribution in [3.8, 4) is 11.1 Å². The molecule has 3 amide bonds. The molecule has 3 heterocycles. The van der Waals surface area contributed by atoms with E-state index in [1.807, 2.05) is 36.4 Å². The number of nitrogens with zero attached hydrogens (tertiary/aromatic N) is 5. The lowest BCUT2D eigenvalue weighted by molar-refractivity contribution is -0.157. The summed E-state index contributed by atoms with van der Waals surface area (Å²) in [7, 11) is 3.33. The topological polar surface area (TPSA) is 119 Å². The van der Waals surface area contributed by atoms with E-state index in [0.717, 1.165) is 27.8 Å². The quantitative estimate of drug-likeness (QED) is 0.269. The first kappa shape index (κ1) is 31.9. The molecule has 1 saturated heterocycles. The van der Waals surface area contributed by atoms with Crippen LogP contribution in [0.25, 0.3) is 22.2 Å². The lowest BCUT2D eigenvalue weighted by Crippen LogP contribution is -2.43. The van der Waals surface area contributed by atoms with Gasteiger partial charge in [0, 0.05) is 55.8 Å². The van der Waals surface area contributed by atoms with Gasteiger partial charge in [0.05, 0.1) is 35.6 Å².